The van der Waals surface area contributed by atoms with E-state index in [0.29, 0.717) is 17.1 Å². The predicted octanol–water partition coefficient (Wildman–Crippen LogP) is 3.05. The van der Waals surface area contributed by atoms with Crippen LogP contribution in [-0.4, -0.2) is 37.4 Å². The van der Waals surface area contributed by atoms with Crippen molar-refractivity contribution in [2.24, 2.45) is 0 Å². The lowest BCUT2D eigenvalue weighted by Gasteiger charge is -2.16. The smallest absolute Gasteiger partial charge is 0.334 e. The summed E-state index contributed by atoms with van der Waals surface area (Å²) >= 11 is 0. The normalized spacial score (nSPS) is 15.2. The van der Waals surface area contributed by atoms with E-state index in [4.69, 9.17) is 14.6 Å². The van der Waals surface area contributed by atoms with Gasteiger partial charge in [-0.1, -0.05) is 6.07 Å². The number of esters is 1. The zero-order valence-electron chi connectivity index (χ0n) is 13.9. The van der Waals surface area contributed by atoms with Gasteiger partial charge >= 0.3 is 11.9 Å². The minimum absolute atomic E-state index is 0.0713. The van der Waals surface area contributed by atoms with Gasteiger partial charge in [0.05, 0.1) is 26.7 Å². The summed E-state index contributed by atoms with van der Waals surface area (Å²) in [6.45, 7) is 0. The Hall–Kier alpha value is -2.50. The number of carbonyl (C=O) groups excluding carboxylic acids is 1. The average Bonchev–Trinajstić information content (AvgIpc) is 3.06. The first-order chi connectivity index (χ1) is 11.5. The van der Waals surface area contributed by atoms with Gasteiger partial charge in [0.2, 0.25) is 0 Å². The lowest BCUT2D eigenvalue weighted by Crippen LogP contribution is -2.12. The van der Waals surface area contributed by atoms with Crippen molar-refractivity contribution >= 4 is 18.0 Å². The second-order valence-electron chi connectivity index (χ2n) is 5.67. The van der Waals surface area contributed by atoms with Crippen molar-refractivity contribution in [3.63, 3.8) is 0 Å². The quantitative estimate of drug-likeness (QED) is 0.609. The molecule has 0 aliphatic heterocycles. The fourth-order valence-electron chi connectivity index (χ4n) is 2.74. The number of rotatable bonds is 7. The molecule has 0 atom stereocenters. The molecule has 0 saturated heterocycles. The summed E-state index contributed by atoms with van der Waals surface area (Å²) in [6, 6.07) is 5.23. The lowest BCUT2D eigenvalue weighted by molar-refractivity contribution is -0.141. The highest BCUT2D eigenvalue weighted by Gasteiger charge is 2.19. The minimum atomic E-state index is -1.09. The summed E-state index contributed by atoms with van der Waals surface area (Å²) in [5.41, 5.74) is 0.729. The van der Waals surface area contributed by atoms with E-state index in [0.717, 1.165) is 25.7 Å². The maximum atomic E-state index is 11.7. The molecule has 0 bridgehead atoms. The van der Waals surface area contributed by atoms with E-state index >= 15 is 0 Å². The zero-order chi connectivity index (χ0) is 17.5. The van der Waals surface area contributed by atoms with Gasteiger partial charge in [-0.2, -0.15) is 0 Å². The molecule has 6 nitrogen and oxygen atoms in total. The van der Waals surface area contributed by atoms with Gasteiger partial charge in [0.25, 0.3) is 0 Å². The van der Waals surface area contributed by atoms with Crippen LogP contribution >= 0.6 is 0 Å². The van der Waals surface area contributed by atoms with Crippen LogP contribution in [0.3, 0.4) is 0 Å². The molecule has 0 unspecified atom stereocenters. The van der Waals surface area contributed by atoms with Crippen LogP contribution in [0.4, 0.5) is 0 Å². The standard InChI is InChI=1S/C18H22O6/c1-22-15-8-7-12(9-13(11-17(19)20)18(21)23-2)10-16(15)24-14-5-3-4-6-14/h7-10,14H,3-6,11H2,1-2H3,(H,19,20)/b13-9+. The van der Waals surface area contributed by atoms with Gasteiger partial charge in [0.15, 0.2) is 11.5 Å². The number of carboxylic acid groups (broad SMARTS) is 1. The Labute approximate surface area is 141 Å². The van der Waals surface area contributed by atoms with Crippen LogP contribution in [0.25, 0.3) is 6.08 Å². The molecule has 1 aliphatic carbocycles. The largest absolute Gasteiger partial charge is 0.493 e. The van der Waals surface area contributed by atoms with Crippen LogP contribution in [0.1, 0.15) is 37.7 Å². The van der Waals surface area contributed by atoms with E-state index in [2.05, 4.69) is 4.74 Å². The van der Waals surface area contributed by atoms with Crippen LogP contribution in [0.2, 0.25) is 0 Å². The van der Waals surface area contributed by atoms with E-state index < -0.39 is 18.4 Å². The molecule has 130 valence electrons. The number of carboxylic acids is 1. The fraction of sp³-hybridized carbons (Fsp3) is 0.444. The minimum Gasteiger partial charge on any atom is -0.493 e. The summed E-state index contributed by atoms with van der Waals surface area (Å²) < 4.78 is 16.0. The molecular formula is C18H22O6. The molecule has 0 spiro atoms. The maximum Gasteiger partial charge on any atom is 0.334 e. The lowest BCUT2D eigenvalue weighted by atomic mass is 10.1. The summed E-state index contributed by atoms with van der Waals surface area (Å²) in [5, 5.41) is 8.94. The number of ether oxygens (including phenoxy) is 3. The summed E-state index contributed by atoms with van der Waals surface area (Å²) in [5.74, 6) is -0.552. The van der Waals surface area contributed by atoms with E-state index in [1.54, 1.807) is 25.3 Å². The Morgan fingerprint density at radius 1 is 1.21 bits per heavy atom. The van der Waals surface area contributed by atoms with Crippen molar-refractivity contribution in [2.45, 2.75) is 38.2 Å². The van der Waals surface area contributed by atoms with Crippen molar-refractivity contribution in [2.75, 3.05) is 14.2 Å². The molecule has 1 aromatic carbocycles. The number of hydrogen-bond acceptors (Lipinski definition) is 5. The van der Waals surface area contributed by atoms with Gasteiger partial charge in [0.1, 0.15) is 0 Å². The van der Waals surface area contributed by atoms with Crippen LogP contribution in [0.5, 0.6) is 11.5 Å². The SMILES string of the molecule is COC(=O)/C(=C/c1ccc(OC)c(OC2CCCC2)c1)CC(=O)O. The zero-order valence-corrected chi connectivity index (χ0v) is 13.9. The Balaban J connectivity index is 2.29. The Bertz CT molecular complexity index is 628. The molecule has 0 amide bonds. The average molecular weight is 334 g/mol. The Morgan fingerprint density at radius 2 is 1.92 bits per heavy atom. The van der Waals surface area contributed by atoms with E-state index in [9.17, 15) is 9.59 Å². The second kappa shape index (κ2) is 8.38. The Morgan fingerprint density at radius 3 is 2.50 bits per heavy atom. The Kier molecular flexibility index (Phi) is 6.23. The molecular weight excluding hydrogens is 312 g/mol. The highest BCUT2D eigenvalue weighted by molar-refractivity contribution is 5.97. The fourth-order valence-corrected chi connectivity index (χ4v) is 2.74. The molecule has 1 saturated carbocycles. The van der Waals surface area contributed by atoms with Crippen LogP contribution in [0, 0.1) is 0 Å². The van der Waals surface area contributed by atoms with Crippen molar-refractivity contribution in [1.82, 2.24) is 0 Å². The van der Waals surface area contributed by atoms with Gasteiger partial charge in [-0.05, 0) is 49.5 Å². The van der Waals surface area contributed by atoms with Crippen molar-refractivity contribution in [3.05, 3.63) is 29.3 Å². The summed E-state index contributed by atoms with van der Waals surface area (Å²) in [7, 11) is 2.79. The highest BCUT2D eigenvalue weighted by Crippen LogP contribution is 2.33. The first kappa shape index (κ1) is 17.8. The van der Waals surface area contributed by atoms with E-state index in [1.165, 1.54) is 13.2 Å². The molecule has 1 aromatic rings. The van der Waals surface area contributed by atoms with Crippen molar-refractivity contribution in [3.8, 4) is 11.5 Å². The number of hydrogen-bond donors (Lipinski definition) is 1. The number of benzene rings is 1. The topological polar surface area (TPSA) is 82.1 Å². The first-order valence-corrected chi connectivity index (χ1v) is 7.89. The highest BCUT2D eigenvalue weighted by atomic mass is 16.5. The second-order valence-corrected chi connectivity index (χ2v) is 5.67. The third-order valence-electron chi connectivity index (χ3n) is 3.91. The summed E-state index contributed by atoms with van der Waals surface area (Å²) in [4.78, 5) is 22.7. The van der Waals surface area contributed by atoms with Gasteiger partial charge in [-0.3, -0.25) is 4.79 Å². The van der Waals surface area contributed by atoms with Crippen LogP contribution in [-0.2, 0) is 14.3 Å². The molecule has 24 heavy (non-hydrogen) atoms. The molecule has 1 fully saturated rings. The number of methoxy groups -OCH3 is 2. The van der Waals surface area contributed by atoms with Gasteiger partial charge in [-0.25, -0.2) is 4.79 Å². The van der Waals surface area contributed by atoms with E-state index in [1.807, 2.05) is 0 Å². The third kappa shape index (κ3) is 4.75. The van der Waals surface area contributed by atoms with Crippen LogP contribution < -0.4 is 9.47 Å². The van der Waals surface area contributed by atoms with Gasteiger partial charge < -0.3 is 19.3 Å². The molecule has 1 aliphatic rings. The van der Waals surface area contributed by atoms with E-state index in [-0.39, 0.29) is 11.7 Å². The predicted molar refractivity (Wildman–Crippen MR) is 88.1 cm³/mol. The molecule has 6 heteroatoms. The molecule has 0 heterocycles. The van der Waals surface area contributed by atoms with Gasteiger partial charge in [0, 0.05) is 5.57 Å². The summed E-state index contributed by atoms with van der Waals surface area (Å²) in [6.07, 6.45) is 5.58. The molecule has 1 N–H and O–H groups in total. The van der Waals surface area contributed by atoms with Crippen molar-refractivity contribution in [1.29, 1.82) is 0 Å². The number of carbonyl (C=O) groups is 2. The molecule has 0 aromatic heterocycles. The maximum absolute atomic E-state index is 11.7. The van der Waals surface area contributed by atoms with Crippen LogP contribution in [0.15, 0.2) is 23.8 Å². The first-order valence-electron chi connectivity index (χ1n) is 7.89. The van der Waals surface area contributed by atoms with Crippen molar-refractivity contribution < 1.29 is 28.9 Å². The monoisotopic (exact) mass is 334 g/mol. The van der Waals surface area contributed by atoms with Gasteiger partial charge in [-0.15, -0.1) is 0 Å². The molecule has 2 rings (SSSR count). The third-order valence-corrected chi connectivity index (χ3v) is 3.91. The molecule has 0 radical (unpaired) electrons. The number of aliphatic carboxylic acids is 1.